The third-order valence-electron chi connectivity index (χ3n) is 4.02. The third-order valence-corrected chi connectivity index (χ3v) is 4.93. The number of nitrogens with one attached hydrogen (secondary N) is 1. The first kappa shape index (κ1) is 20.4. The molecule has 3 aromatic heterocycles. The maximum Gasteiger partial charge on any atom is 0.433 e. The van der Waals surface area contributed by atoms with Crippen LogP contribution in [-0.2, 0) is 13.2 Å². The van der Waals surface area contributed by atoms with Gasteiger partial charge in [-0.25, -0.2) is 15.0 Å². The van der Waals surface area contributed by atoms with Gasteiger partial charge in [-0.3, -0.25) is 0 Å². The Bertz CT molecular complexity index is 974. The summed E-state index contributed by atoms with van der Waals surface area (Å²) in [5.41, 5.74) is 0.365. The van der Waals surface area contributed by atoms with Crippen LogP contribution in [0.15, 0.2) is 29.4 Å². The van der Waals surface area contributed by atoms with Crippen molar-refractivity contribution in [1.29, 1.82) is 0 Å². The molecule has 10 heteroatoms. The average Bonchev–Trinajstić information content (AvgIpc) is 2.98. The molecule has 3 aromatic rings. The zero-order valence-corrected chi connectivity index (χ0v) is 16.5. The molecule has 0 fully saturated rings. The summed E-state index contributed by atoms with van der Waals surface area (Å²) >= 11 is 1.57. The molecule has 0 radical (unpaired) electrons. The molecule has 0 atom stereocenters. The van der Waals surface area contributed by atoms with Gasteiger partial charge < -0.3 is 14.6 Å². The average molecular weight is 411 g/mol. The molecule has 0 bridgehead atoms. The molecule has 150 valence electrons. The Morgan fingerprint density at radius 3 is 2.68 bits per heavy atom. The van der Waals surface area contributed by atoms with Crippen LogP contribution in [0.3, 0.4) is 0 Å². The SMILES string of the molecule is CCSc1cc(OCCNC)cnc1-c1nc2cc(C(F)(F)F)ncc2n1C. The molecule has 0 unspecified atom stereocenters. The molecular formula is C18H20F3N5OS. The molecule has 0 aliphatic heterocycles. The van der Waals surface area contributed by atoms with Crippen LogP contribution in [0.2, 0.25) is 0 Å². The van der Waals surface area contributed by atoms with Crippen molar-refractivity contribution in [2.75, 3.05) is 26.0 Å². The summed E-state index contributed by atoms with van der Waals surface area (Å²) in [6.45, 7) is 3.22. The van der Waals surface area contributed by atoms with E-state index < -0.39 is 11.9 Å². The highest BCUT2D eigenvalue weighted by Gasteiger charge is 2.33. The first-order valence-electron chi connectivity index (χ1n) is 8.65. The molecule has 0 spiro atoms. The van der Waals surface area contributed by atoms with Crippen molar-refractivity contribution in [3.05, 3.63) is 30.2 Å². The molecule has 0 aliphatic carbocycles. The van der Waals surface area contributed by atoms with Gasteiger partial charge in [0.1, 0.15) is 23.7 Å². The van der Waals surface area contributed by atoms with Gasteiger partial charge in [-0.05, 0) is 24.9 Å². The van der Waals surface area contributed by atoms with Crippen LogP contribution >= 0.6 is 11.8 Å². The van der Waals surface area contributed by atoms with Crippen LogP contribution in [0.1, 0.15) is 12.6 Å². The summed E-state index contributed by atoms with van der Waals surface area (Å²) in [6.07, 6.45) is -1.72. The Morgan fingerprint density at radius 1 is 1.21 bits per heavy atom. The van der Waals surface area contributed by atoms with Gasteiger partial charge >= 0.3 is 6.18 Å². The molecule has 0 saturated heterocycles. The number of aromatic nitrogens is 4. The number of rotatable bonds is 7. The number of likely N-dealkylation sites (N-methyl/N-ethyl adjacent to an activating group) is 1. The van der Waals surface area contributed by atoms with E-state index in [1.54, 1.807) is 29.6 Å². The molecule has 3 heterocycles. The smallest absolute Gasteiger partial charge is 0.433 e. The highest BCUT2D eigenvalue weighted by molar-refractivity contribution is 7.99. The number of hydrogen-bond acceptors (Lipinski definition) is 6. The second-order valence-corrected chi connectivity index (χ2v) is 7.26. The Hall–Kier alpha value is -2.33. The fourth-order valence-corrected chi connectivity index (χ4v) is 3.46. The van der Waals surface area contributed by atoms with Crippen LogP contribution in [-0.4, -0.2) is 45.5 Å². The van der Waals surface area contributed by atoms with Crippen LogP contribution in [0.5, 0.6) is 5.75 Å². The number of aryl methyl sites for hydroxylation is 1. The standard InChI is InChI=1S/C18H20F3N5OS/c1-4-28-14-7-11(27-6-5-22-2)9-24-16(14)17-25-12-8-15(18(19,20)21)23-10-13(12)26(17)3/h7-10,22H,4-6H2,1-3H3. The number of hydrogen-bond donors (Lipinski definition) is 1. The molecule has 0 aromatic carbocycles. The van der Waals surface area contributed by atoms with Gasteiger partial charge in [0, 0.05) is 18.5 Å². The Morgan fingerprint density at radius 2 is 2.00 bits per heavy atom. The van der Waals surface area contributed by atoms with Gasteiger partial charge in [-0.1, -0.05) is 6.92 Å². The lowest BCUT2D eigenvalue weighted by Gasteiger charge is -2.11. The van der Waals surface area contributed by atoms with Gasteiger partial charge in [-0.2, -0.15) is 13.2 Å². The van der Waals surface area contributed by atoms with E-state index in [4.69, 9.17) is 4.74 Å². The van der Waals surface area contributed by atoms with Crippen molar-refractivity contribution in [2.24, 2.45) is 7.05 Å². The number of ether oxygens (including phenoxy) is 1. The van der Waals surface area contributed by atoms with Crippen molar-refractivity contribution >= 4 is 22.8 Å². The second-order valence-electron chi connectivity index (χ2n) is 5.95. The van der Waals surface area contributed by atoms with Gasteiger partial charge in [0.2, 0.25) is 0 Å². The predicted molar refractivity (Wildman–Crippen MR) is 103 cm³/mol. The van der Waals surface area contributed by atoms with Gasteiger partial charge in [-0.15, -0.1) is 11.8 Å². The monoisotopic (exact) mass is 411 g/mol. The van der Waals surface area contributed by atoms with E-state index in [2.05, 4.69) is 20.3 Å². The zero-order valence-electron chi connectivity index (χ0n) is 15.7. The fourth-order valence-electron chi connectivity index (χ4n) is 2.67. The molecule has 3 rings (SSSR count). The second kappa shape index (κ2) is 8.36. The van der Waals surface area contributed by atoms with Gasteiger partial charge in [0.25, 0.3) is 0 Å². The number of halogens is 3. The Balaban J connectivity index is 2.04. The summed E-state index contributed by atoms with van der Waals surface area (Å²) in [7, 11) is 3.58. The fraction of sp³-hybridized carbons (Fsp3) is 0.389. The lowest BCUT2D eigenvalue weighted by atomic mass is 10.3. The van der Waals surface area contributed by atoms with Crippen LogP contribution in [0, 0.1) is 0 Å². The van der Waals surface area contributed by atoms with Crippen molar-refractivity contribution in [3.63, 3.8) is 0 Å². The van der Waals surface area contributed by atoms with Crippen LogP contribution in [0.4, 0.5) is 13.2 Å². The van der Waals surface area contributed by atoms with E-state index in [-0.39, 0.29) is 5.52 Å². The van der Waals surface area contributed by atoms with E-state index in [0.29, 0.717) is 35.9 Å². The number of fused-ring (bicyclic) bond motifs is 1. The lowest BCUT2D eigenvalue weighted by molar-refractivity contribution is -0.141. The third kappa shape index (κ3) is 4.22. The van der Waals surface area contributed by atoms with Crippen molar-refractivity contribution in [2.45, 2.75) is 18.0 Å². The van der Waals surface area contributed by atoms with E-state index in [1.165, 1.54) is 6.20 Å². The zero-order chi connectivity index (χ0) is 20.3. The number of alkyl halides is 3. The van der Waals surface area contributed by atoms with Crippen LogP contribution < -0.4 is 10.1 Å². The molecule has 0 amide bonds. The Labute approximate surface area is 164 Å². The highest BCUT2D eigenvalue weighted by atomic mass is 32.2. The summed E-state index contributed by atoms with van der Waals surface area (Å²) in [4.78, 5) is 13.3. The maximum atomic E-state index is 13.0. The number of thioether (sulfide) groups is 1. The summed E-state index contributed by atoms with van der Waals surface area (Å²) in [5, 5.41) is 3.00. The van der Waals surface area contributed by atoms with Crippen molar-refractivity contribution in [3.8, 4) is 17.3 Å². The number of imidazole rings is 1. The van der Waals surface area contributed by atoms with Crippen LogP contribution in [0.25, 0.3) is 22.6 Å². The molecular weight excluding hydrogens is 391 g/mol. The summed E-state index contributed by atoms with van der Waals surface area (Å²) < 4.78 is 46.2. The minimum Gasteiger partial charge on any atom is -0.491 e. The topological polar surface area (TPSA) is 64.9 Å². The van der Waals surface area contributed by atoms with E-state index in [1.807, 2.05) is 20.0 Å². The van der Waals surface area contributed by atoms with E-state index >= 15 is 0 Å². The van der Waals surface area contributed by atoms with Crippen molar-refractivity contribution in [1.82, 2.24) is 24.8 Å². The first-order valence-corrected chi connectivity index (χ1v) is 9.64. The lowest BCUT2D eigenvalue weighted by Crippen LogP contribution is -2.16. The van der Waals surface area contributed by atoms with E-state index in [9.17, 15) is 13.2 Å². The van der Waals surface area contributed by atoms with Gasteiger partial charge in [0.05, 0.1) is 23.4 Å². The maximum absolute atomic E-state index is 13.0. The minimum atomic E-state index is -4.51. The first-order chi connectivity index (χ1) is 13.3. The predicted octanol–water partition coefficient (Wildman–Crippen LogP) is 3.76. The normalized spacial score (nSPS) is 11.9. The molecule has 28 heavy (non-hydrogen) atoms. The molecule has 0 saturated carbocycles. The number of nitrogens with zero attached hydrogens (tertiary/aromatic N) is 4. The van der Waals surface area contributed by atoms with Crippen molar-refractivity contribution < 1.29 is 17.9 Å². The molecule has 1 N–H and O–H groups in total. The minimum absolute atomic E-state index is 0.225. The largest absolute Gasteiger partial charge is 0.491 e. The van der Waals surface area contributed by atoms with Gasteiger partial charge in [0.15, 0.2) is 5.82 Å². The quantitative estimate of drug-likeness (QED) is 0.472. The molecule has 0 aliphatic rings. The summed E-state index contributed by atoms with van der Waals surface area (Å²) in [6, 6.07) is 2.84. The van der Waals surface area contributed by atoms with E-state index in [0.717, 1.165) is 16.7 Å². The Kier molecular flexibility index (Phi) is 6.09. The molecule has 6 nitrogen and oxygen atoms in total. The highest BCUT2D eigenvalue weighted by Crippen LogP contribution is 2.34. The summed E-state index contributed by atoms with van der Waals surface area (Å²) in [5.74, 6) is 1.92. The number of pyridine rings is 2.